The van der Waals surface area contributed by atoms with Crippen molar-refractivity contribution in [2.45, 2.75) is 400 Å². The Hall–Kier alpha value is -1.94. The van der Waals surface area contributed by atoms with Crippen molar-refractivity contribution in [3.05, 3.63) is 0 Å². The fourth-order valence-corrected chi connectivity index (χ4v) is 12.7. The minimum Gasteiger partial charge on any atom is -0.462 e. The van der Waals surface area contributed by atoms with Crippen LogP contribution in [-0.4, -0.2) is 96.7 Å². The van der Waals surface area contributed by atoms with Crippen LogP contribution < -0.4 is 0 Å². The molecule has 0 amide bonds. The molecule has 546 valence electrons. The highest BCUT2D eigenvalue weighted by Crippen LogP contribution is 2.45. The van der Waals surface area contributed by atoms with Crippen LogP contribution in [0.4, 0.5) is 0 Å². The van der Waals surface area contributed by atoms with E-state index in [0.717, 1.165) is 95.8 Å². The standard InChI is InChI=1S/C73H142O17P2/c1-6-10-13-16-19-22-25-26-27-28-29-30-31-32-39-44-49-54-59-73(78)90-69(63-84-71(76)57-52-47-42-38-34-33-35-40-45-50-55-66(5)9-4)65-88-92(81,82)86-61-67(74)60-85-91(79,80)87-64-68(89-72(77)58-53-48-43-37-24-21-18-15-12-8-3)62-83-70(75)56-51-46-41-36-23-20-17-14-11-7-2/h66-69,74H,6-65H2,1-5H3,(H,79,80)(H,81,82)/t66?,67-,68+,69+/m0/s1. The molecule has 3 N–H and O–H groups in total. The zero-order valence-electron chi connectivity index (χ0n) is 59.7. The van der Waals surface area contributed by atoms with Crippen molar-refractivity contribution < 1.29 is 80.2 Å². The van der Waals surface area contributed by atoms with Gasteiger partial charge in [0.15, 0.2) is 12.2 Å². The minimum absolute atomic E-state index is 0.107. The summed E-state index contributed by atoms with van der Waals surface area (Å²) in [6.45, 7) is 7.28. The summed E-state index contributed by atoms with van der Waals surface area (Å²) in [5, 5.41) is 10.6. The number of ether oxygens (including phenoxy) is 4. The van der Waals surface area contributed by atoms with Gasteiger partial charge in [0.1, 0.15) is 19.3 Å². The van der Waals surface area contributed by atoms with E-state index >= 15 is 0 Å². The fourth-order valence-electron chi connectivity index (χ4n) is 11.1. The van der Waals surface area contributed by atoms with Gasteiger partial charge in [-0.05, 0) is 31.6 Å². The van der Waals surface area contributed by atoms with E-state index < -0.39 is 97.5 Å². The Morgan fingerprint density at radius 3 is 0.772 bits per heavy atom. The number of hydrogen-bond donors (Lipinski definition) is 3. The first kappa shape index (κ1) is 90.1. The van der Waals surface area contributed by atoms with Crippen LogP contribution in [0.5, 0.6) is 0 Å². The third-order valence-corrected chi connectivity index (χ3v) is 19.3. The molecule has 0 saturated carbocycles. The van der Waals surface area contributed by atoms with Gasteiger partial charge < -0.3 is 33.8 Å². The maximum Gasteiger partial charge on any atom is 0.472 e. The minimum atomic E-state index is -4.95. The quantitative estimate of drug-likeness (QED) is 0.0222. The zero-order chi connectivity index (χ0) is 67.7. The molecule has 0 aliphatic rings. The maximum absolute atomic E-state index is 13.1. The first-order valence-corrected chi connectivity index (χ1v) is 41.2. The molecule has 92 heavy (non-hydrogen) atoms. The number of rotatable bonds is 73. The summed E-state index contributed by atoms with van der Waals surface area (Å²) in [4.78, 5) is 72.6. The Morgan fingerprint density at radius 1 is 0.304 bits per heavy atom. The Kier molecular flexibility index (Phi) is 64.9. The lowest BCUT2D eigenvalue weighted by Gasteiger charge is -2.21. The molecule has 0 aromatic carbocycles. The number of aliphatic hydroxyl groups excluding tert-OH is 1. The lowest BCUT2D eigenvalue weighted by atomic mass is 9.99. The molecular formula is C73H142O17P2. The van der Waals surface area contributed by atoms with Gasteiger partial charge in [-0.3, -0.25) is 37.3 Å². The van der Waals surface area contributed by atoms with Crippen LogP contribution in [-0.2, 0) is 65.4 Å². The van der Waals surface area contributed by atoms with Gasteiger partial charge in [-0.15, -0.1) is 0 Å². The van der Waals surface area contributed by atoms with Crippen LogP contribution in [0.15, 0.2) is 0 Å². The second kappa shape index (κ2) is 66.3. The number of phosphoric acid groups is 2. The molecule has 6 atom stereocenters. The predicted octanol–water partition coefficient (Wildman–Crippen LogP) is 21.3. The van der Waals surface area contributed by atoms with Crippen molar-refractivity contribution in [2.75, 3.05) is 39.6 Å². The van der Waals surface area contributed by atoms with Gasteiger partial charge in [-0.2, -0.15) is 0 Å². The Morgan fingerprint density at radius 2 is 0.522 bits per heavy atom. The number of phosphoric ester groups is 2. The zero-order valence-corrected chi connectivity index (χ0v) is 61.5. The van der Waals surface area contributed by atoms with Crippen LogP contribution >= 0.6 is 15.6 Å². The highest BCUT2D eigenvalue weighted by Gasteiger charge is 2.30. The lowest BCUT2D eigenvalue weighted by Crippen LogP contribution is -2.30. The Balaban J connectivity index is 5.22. The van der Waals surface area contributed by atoms with Gasteiger partial charge in [-0.1, -0.05) is 330 Å². The van der Waals surface area contributed by atoms with Gasteiger partial charge >= 0.3 is 39.5 Å². The summed E-state index contributed by atoms with van der Waals surface area (Å²) in [6, 6.07) is 0. The molecule has 3 unspecified atom stereocenters. The highest BCUT2D eigenvalue weighted by atomic mass is 31.2. The molecule has 0 fully saturated rings. The smallest absolute Gasteiger partial charge is 0.462 e. The first-order valence-electron chi connectivity index (χ1n) is 38.2. The molecular weight excluding hydrogens is 1210 g/mol. The summed E-state index contributed by atoms with van der Waals surface area (Å²) >= 11 is 0. The molecule has 0 bridgehead atoms. The van der Waals surface area contributed by atoms with E-state index in [1.54, 1.807) is 0 Å². The predicted molar refractivity (Wildman–Crippen MR) is 372 cm³/mol. The van der Waals surface area contributed by atoms with E-state index in [9.17, 15) is 43.2 Å². The van der Waals surface area contributed by atoms with Crippen molar-refractivity contribution in [1.82, 2.24) is 0 Å². The number of carbonyl (C=O) groups is 4. The molecule has 0 aromatic rings. The van der Waals surface area contributed by atoms with E-state index in [1.165, 1.54) is 205 Å². The van der Waals surface area contributed by atoms with Crippen molar-refractivity contribution in [2.24, 2.45) is 5.92 Å². The SMILES string of the molecule is CCCCCCCCCCCCCCCCCCCCC(=O)O[C@H](COC(=O)CCCCCCCCCCCCC(C)CC)COP(=O)(O)OC[C@@H](O)COP(=O)(O)OC[C@@H](COC(=O)CCCCCCCCCCCC)OC(=O)CCCCCCCCCCCC. The van der Waals surface area contributed by atoms with Crippen LogP contribution in [0.1, 0.15) is 381 Å². The molecule has 0 aromatic heterocycles. The normalized spacial score (nSPS) is 14.3. The number of esters is 4. The number of hydrogen-bond acceptors (Lipinski definition) is 15. The molecule has 0 saturated heterocycles. The molecule has 0 spiro atoms. The fraction of sp³-hybridized carbons (Fsp3) is 0.945. The van der Waals surface area contributed by atoms with Gasteiger partial charge in [0.2, 0.25) is 0 Å². The van der Waals surface area contributed by atoms with Crippen LogP contribution in [0.2, 0.25) is 0 Å². The second-order valence-electron chi connectivity index (χ2n) is 26.6. The lowest BCUT2D eigenvalue weighted by molar-refractivity contribution is -0.161. The van der Waals surface area contributed by atoms with E-state index in [-0.39, 0.29) is 25.7 Å². The summed E-state index contributed by atoms with van der Waals surface area (Å²) in [7, 11) is -9.90. The number of aliphatic hydroxyl groups is 1. The topological polar surface area (TPSA) is 237 Å². The summed E-state index contributed by atoms with van der Waals surface area (Å²) < 4.78 is 68.4. The van der Waals surface area contributed by atoms with Crippen LogP contribution in [0.25, 0.3) is 0 Å². The van der Waals surface area contributed by atoms with Gasteiger partial charge in [0.25, 0.3) is 0 Å². The average molecular weight is 1350 g/mol. The molecule has 0 rings (SSSR count). The number of unbranched alkanes of at least 4 members (excludes halogenated alkanes) is 44. The summed E-state index contributed by atoms with van der Waals surface area (Å²) in [5.41, 5.74) is 0. The molecule has 0 aliphatic carbocycles. The van der Waals surface area contributed by atoms with Crippen molar-refractivity contribution in [3.63, 3.8) is 0 Å². The van der Waals surface area contributed by atoms with Crippen molar-refractivity contribution in [1.29, 1.82) is 0 Å². The summed E-state index contributed by atoms with van der Waals surface area (Å²) in [6.07, 6.45) is 54.0. The molecule has 0 heterocycles. The molecule has 17 nitrogen and oxygen atoms in total. The average Bonchev–Trinajstić information content (AvgIpc) is 1.59. The van der Waals surface area contributed by atoms with Gasteiger partial charge in [-0.25, -0.2) is 9.13 Å². The van der Waals surface area contributed by atoms with E-state index in [0.29, 0.717) is 25.7 Å². The van der Waals surface area contributed by atoms with Crippen LogP contribution in [0.3, 0.4) is 0 Å². The molecule has 0 radical (unpaired) electrons. The molecule has 0 aliphatic heterocycles. The van der Waals surface area contributed by atoms with Gasteiger partial charge in [0, 0.05) is 25.7 Å². The third kappa shape index (κ3) is 65.4. The Bertz CT molecular complexity index is 1770. The second-order valence-corrected chi connectivity index (χ2v) is 29.5. The summed E-state index contributed by atoms with van der Waals surface area (Å²) in [5.74, 6) is -1.31. The largest absolute Gasteiger partial charge is 0.472 e. The van der Waals surface area contributed by atoms with E-state index in [2.05, 4.69) is 34.6 Å². The monoisotopic (exact) mass is 1350 g/mol. The first-order chi connectivity index (χ1) is 44.6. The third-order valence-electron chi connectivity index (χ3n) is 17.4. The van der Waals surface area contributed by atoms with Crippen molar-refractivity contribution >= 4 is 39.5 Å². The van der Waals surface area contributed by atoms with Gasteiger partial charge in [0.05, 0.1) is 26.4 Å². The van der Waals surface area contributed by atoms with E-state index in [1.807, 2.05) is 0 Å². The highest BCUT2D eigenvalue weighted by molar-refractivity contribution is 7.47. The Labute approximate surface area is 562 Å². The van der Waals surface area contributed by atoms with Crippen molar-refractivity contribution in [3.8, 4) is 0 Å². The molecule has 19 heteroatoms. The van der Waals surface area contributed by atoms with E-state index in [4.69, 9.17) is 37.0 Å². The number of carbonyl (C=O) groups excluding carboxylic acids is 4. The van der Waals surface area contributed by atoms with Crippen LogP contribution in [0, 0.1) is 5.92 Å². The maximum atomic E-state index is 13.1.